The van der Waals surface area contributed by atoms with Gasteiger partial charge in [-0.15, -0.1) is 0 Å². The van der Waals surface area contributed by atoms with Gasteiger partial charge >= 0.3 is 5.97 Å². The fourth-order valence-corrected chi connectivity index (χ4v) is 1.60. The fourth-order valence-electron chi connectivity index (χ4n) is 1.11. The van der Waals surface area contributed by atoms with Crippen LogP contribution < -0.4 is 4.74 Å². The van der Waals surface area contributed by atoms with Crippen LogP contribution in [-0.4, -0.2) is 5.97 Å². The van der Waals surface area contributed by atoms with E-state index < -0.39 is 0 Å². The largest absolute Gasteiger partial charge is 0.425 e. The summed E-state index contributed by atoms with van der Waals surface area (Å²) >= 11 is 3.30. The first kappa shape index (κ1) is 6.85. The monoisotopic (exact) mass is 212 g/mol. The molecule has 0 fully saturated rings. The number of carbonyl (C=O) groups excluding carboxylic acids is 1. The van der Waals surface area contributed by atoms with E-state index in [1.54, 1.807) is 0 Å². The molecule has 0 radical (unpaired) electrons. The third-order valence-electron chi connectivity index (χ3n) is 1.60. The van der Waals surface area contributed by atoms with Crippen molar-refractivity contribution in [1.29, 1.82) is 0 Å². The van der Waals surface area contributed by atoms with Crippen LogP contribution in [0.3, 0.4) is 0 Å². The van der Waals surface area contributed by atoms with Gasteiger partial charge in [0.05, 0.1) is 10.9 Å². The van der Waals surface area contributed by atoms with Gasteiger partial charge in [0.25, 0.3) is 0 Å². The minimum absolute atomic E-state index is 0.174. The van der Waals surface area contributed by atoms with Gasteiger partial charge in [-0.2, -0.15) is 0 Å². The third-order valence-corrected chi connectivity index (χ3v) is 2.22. The summed E-state index contributed by atoms with van der Waals surface area (Å²) in [6.45, 7) is 0. The molecule has 1 aliphatic heterocycles. The van der Waals surface area contributed by atoms with E-state index in [1.165, 1.54) is 0 Å². The first-order valence-corrected chi connectivity index (χ1v) is 4.05. The minimum Gasteiger partial charge on any atom is -0.425 e. The van der Waals surface area contributed by atoms with Crippen molar-refractivity contribution < 1.29 is 9.53 Å². The molecular weight excluding hydrogens is 208 g/mol. The van der Waals surface area contributed by atoms with E-state index in [-0.39, 0.29) is 5.97 Å². The fraction of sp³-hybridized carbons (Fsp3) is 0.125. The van der Waals surface area contributed by atoms with Crippen molar-refractivity contribution in [3.05, 3.63) is 28.2 Å². The summed E-state index contributed by atoms with van der Waals surface area (Å²) in [5.41, 5.74) is 0.962. The molecule has 3 heteroatoms. The number of carbonyl (C=O) groups is 1. The Hall–Kier alpha value is -0.830. The smallest absolute Gasteiger partial charge is 0.315 e. The van der Waals surface area contributed by atoms with E-state index in [1.807, 2.05) is 18.2 Å². The van der Waals surface area contributed by atoms with E-state index in [2.05, 4.69) is 15.9 Å². The number of halogens is 1. The van der Waals surface area contributed by atoms with Crippen LogP contribution in [-0.2, 0) is 11.2 Å². The summed E-state index contributed by atoms with van der Waals surface area (Å²) in [5.74, 6) is 0.504. The van der Waals surface area contributed by atoms with Gasteiger partial charge in [0.2, 0.25) is 0 Å². The maximum absolute atomic E-state index is 10.8. The minimum atomic E-state index is -0.174. The molecular formula is C8H5BrO2. The van der Waals surface area contributed by atoms with E-state index in [4.69, 9.17) is 4.74 Å². The zero-order valence-corrected chi connectivity index (χ0v) is 7.22. The predicted molar refractivity (Wildman–Crippen MR) is 43.5 cm³/mol. The lowest BCUT2D eigenvalue weighted by molar-refractivity contribution is -0.131. The van der Waals surface area contributed by atoms with E-state index in [0.717, 1.165) is 10.0 Å². The average molecular weight is 213 g/mol. The number of hydrogen-bond donors (Lipinski definition) is 0. The van der Waals surface area contributed by atoms with Crippen molar-refractivity contribution in [2.45, 2.75) is 6.42 Å². The highest BCUT2D eigenvalue weighted by Crippen LogP contribution is 2.33. The molecule has 1 aliphatic rings. The molecule has 0 aliphatic carbocycles. The zero-order chi connectivity index (χ0) is 7.84. The van der Waals surface area contributed by atoms with Gasteiger partial charge in [-0.05, 0) is 22.0 Å². The van der Waals surface area contributed by atoms with Crippen LogP contribution in [0.4, 0.5) is 0 Å². The van der Waals surface area contributed by atoms with Crippen molar-refractivity contribution in [1.82, 2.24) is 0 Å². The summed E-state index contributed by atoms with van der Waals surface area (Å²) in [5, 5.41) is 0. The lowest BCUT2D eigenvalue weighted by Gasteiger charge is -1.97. The van der Waals surface area contributed by atoms with Crippen LogP contribution in [0.25, 0.3) is 0 Å². The molecule has 0 spiro atoms. The molecule has 1 aromatic carbocycles. The lowest BCUT2D eigenvalue weighted by Crippen LogP contribution is -2.00. The highest BCUT2D eigenvalue weighted by molar-refractivity contribution is 9.10. The normalized spacial score (nSPS) is 14.5. The van der Waals surface area contributed by atoms with Crippen molar-refractivity contribution in [2.75, 3.05) is 0 Å². The third kappa shape index (κ3) is 1.05. The van der Waals surface area contributed by atoms with Gasteiger partial charge in [0.1, 0.15) is 5.75 Å². The molecule has 0 saturated heterocycles. The summed E-state index contributed by atoms with van der Waals surface area (Å²) in [4.78, 5) is 10.8. The van der Waals surface area contributed by atoms with Gasteiger partial charge in [-0.3, -0.25) is 4.79 Å². The highest BCUT2D eigenvalue weighted by atomic mass is 79.9. The molecule has 0 bridgehead atoms. The van der Waals surface area contributed by atoms with Gasteiger partial charge in [-0.25, -0.2) is 0 Å². The van der Waals surface area contributed by atoms with Crippen LogP contribution >= 0.6 is 15.9 Å². The van der Waals surface area contributed by atoms with Gasteiger partial charge < -0.3 is 4.74 Å². The number of fused-ring (bicyclic) bond motifs is 1. The SMILES string of the molecule is O=C1Cc2cccc(Br)c2O1. The van der Waals surface area contributed by atoms with E-state index >= 15 is 0 Å². The molecule has 0 saturated carbocycles. The molecule has 0 unspecified atom stereocenters. The first-order valence-electron chi connectivity index (χ1n) is 3.25. The molecule has 2 rings (SSSR count). The Morgan fingerprint density at radius 3 is 3.00 bits per heavy atom. The van der Waals surface area contributed by atoms with E-state index in [9.17, 15) is 4.79 Å². The standard InChI is InChI=1S/C8H5BrO2/c9-6-3-1-2-5-4-7(10)11-8(5)6/h1-3H,4H2. The number of para-hydroxylation sites is 1. The topological polar surface area (TPSA) is 26.3 Å². The quantitative estimate of drug-likeness (QED) is 0.486. The molecule has 0 N–H and O–H groups in total. The van der Waals surface area contributed by atoms with Gasteiger partial charge in [0.15, 0.2) is 0 Å². The highest BCUT2D eigenvalue weighted by Gasteiger charge is 2.21. The maximum atomic E-state index is 10.8. The Morgan fingerprint density at radius 1 is 1.45 bits per heavy atom. The average Bonchev–Trinajstić information content (AvgIpc) is 2.31. The Balaban J connectivity index is 2.57. The maximum Gasteiger partial charge on any atom is 0.315 e. The van der Waals surface area contributed by atoms with Crippen LogP contribution in [0.1, 0.15) is 5.56 Å². The summed E-state index contributed by atoms with van der Waals surface area (Å²) in [7, 11) is 0. The second-order valence-electron chi connectivity index (χ2n) is 2.38. The van der Waals surface area contributed by atoms with Crippen molar-refractivity contribution in [2.24, 2.45) is 0 Å². The molecule has 0 aromatic heterocycles. The van der Waals surface area contributed by atoms with Gasteiger partial charge in [0, 0.05) is 5.56 Å². The van der Waals surface area contributed by atoms with Crippen LogP contribution in [0, 0.1) is 0 Å². The lowest BCUT2D eigenvalue weighted by atomic mass is 10.2. The number of hydrogen-bond acceptors (Lipinski definition) is 2. The van der Waals surface area contributed by atoms with Crippen LogP contribution in [0.2, 0.25) is 0 Å². The Morgan fingerprint density at radius 2 is 2.27 bits per heavy atom. The molecule has 0 amide bonds. The zero-order valence-electron chi connectivity index (χ0n) is 5.63. The number of esters is 1. The van der Waals surface area contributed by atoms with Crippen molar-refractivity contribution in [3.63, 3.8) is 0 Å². The molecule has 0 atom stereocenters. The Kier molecular flexibility index (Phi) is 1.46. The molecule has 1 aromatic rings. The second kappa shape index (κ2) is 2.34. The van der Waals surface area contributed by atoms with Crippen molar-refractivity contribution >= 4 is 21.9 Å². The summed E-state index contributed by atoms with van der Waals surface area (Å²) < 4.78 is 5.80. The van der Waals surface area contributed by atoms with Crippen molar-refractivity contribution in [3.8, 4) is 5.75 Å². The number of rotatable bonds is 0. The summed E-state index contributed by atoms with van der Waals surface area (Å²) in [6.07, 6.45) is 0.398. The van der Waals surface area contributed by atoms with E-state index in [0.29, 0.717) is 12.2 Å². The van der Waals surface area contributed by atoms with Gasteiger partial charge in [-0.1, -0.05) is 12.1 Å². The first-order chi connectivity index (χ1) is 5.27. The predicted octanol–water partition coefficient (Wildman–Crippen LogP) is 1.91. The number of benzene rings is 1. The Labute approximate surface area is 72.3 Å². The second-order valence-corrected chi connectivity index (χ2v) is 3.23. The molecule has 11 heavy (non-hydrogen) atoms. The molecule has 2 nitrogen and oxygen atoms in total. The summed E-state index contributed by atoms with van der Waals surface area (Å²) in [6, 6.07) is 5.65. The number of ether oxygens (including phenoxy) is 1. The van der Waals surface area contributed by atoms with Crippen LogP contribution in [0.5, 0.6) is 5.75 Å². The Bertz CT molecular complexity index is 320. The van der Waals surface area contributed by atoms with Crippen LogP contribution in [0.15, 0.2) is 22.7 Å². The molecule has 1 heterocycles. The molecule has 56 valence electrons.